The van der Waals surface area contributed by atoms with Crippen molar-refractivity contribution >= 4 is 5.91 Å². The fraction of sp³-hybridized carbons (Fsp3) is 0.562. The van der Waals surface area contributed by atoms with Gasteiger partial charge in [0.05, 0.1) is 5.92 Å². The molecule has 0 aliphatic carbocycles. The van der Waals surface area contributed by atoms with Crippen LogP contribution in [0.4, 0.5) is 0 Å². The van der Waals surface area contributed by atoms with Crippen LogP contribution in [0.25, 0.3) is 0 Å². The molecule has 0 fully saturated rings. The summed E-state index contributed by atoms with van der Waals surface area (Å²) in [7, 11) is 0. The number of aliphatic hydroxyl groups excluding tert-OH is 1. The first-order chi connectivity index (χ1) is 9.56. The molecule has 4 heteroatoms. The van der Waals surface area contributed by atoms with Gasteiger partial charge in [0.1, 0.15) is 0 Å². The Morgan fingerprint density at radius 2 is 1.95 bits per heavy atom. The highest BCUT2D eigenvalue weighted by Crippen LogP contribution is 2.18. The number of amides is 1. The molecule has 3 atom stereocenters. The zero-order valence-corrected chi connectivity index (χ0v) is 12.4. The highest BCUT2D eigenvalue weighted by Gasteiger charge is 2.21. The summed E-state index contributed by atoms with van der Waals surface area (Å²) in [6.45, 7) is 4.68. The highest BCUT2D eigenvalue weighted by atomic mass is 16.3. The van der Waals surface area contributed by atoms with Crippen LogP contribution in [0, 0.1) is 11.8 Å². The molecule has 4 nitrogen and oxygen atoms in total. The van der Waals surface area contributed by atoms with Gasteiger partial charge in [-0.3, -0.25) is 4.79 Å². The molecule has 1 rings (SSSR count). The second kappa shape index (κ2) is 8.72. The van der Waals surface area contributed by atoms with Crippen LogP contribution < -0.4 is 11.1 Å². The van der Waals surface area contributed by atoms with E-state index in [1.807, 2.05) is 44.2 Å². The molecular weight excluding hydrogens is 252 g/mol. The fourth-order valence-electron chi connectivity index (χ4n) is 2.04. The largest absolute Gasteiger partial charge is 0.396 e. The molecule has 20 heavy (non-hydrogen) atoms. The summed E-state index contributed by atoms with van der Waals surface area (Å²) in [5.41, 5.74) is 7.10. The molecular formula is C16H26N2O2. The quantitative estimate of drug-likeness (QED) is 0.635. The van der Waals surface area contributed by atoms with Crippen molar-refractivity contribution < 1.29 is 9.90 Å². The Bertz CT molecular complexity index is 395. The van der Waals surface area contributed by atoms with Crippen LogP contribution in [0.1, 0.15) is 38.3 Å². The number of hydrogen-bond acceptors (Lipinski definition) is 3. The van der Waals surface area contributed by atoms with Gasteiger partial charge in [0, 0.05) is 19.2 Å². The topological polar surface area (TPSA) is 75.3 Å². The summed E-state index contributed by atoms with van der Waals surface area (Å²) in [5, 5.41) is 11.8. The zero-order chi connectivity index (χ0) is 15.0. The predicted molar refractivity (Wildman–Crippen MR) is 81.0 cm³/mol. The van der Waals surface area contributed by atoms with E-state index in [-0.39, 0.29) is 30.4 Å². The average Bonchev–Trinajstić information content (AvgIpc) is 2.50. The number of carbonyl (C=O) groups excluding carboxylic acids is 1. The van der Waals surface area contributed by atoms with E-state index in [4.69, 9.17) is 10.8 Å². The van der Waals surface area contributed by atoms with Crippen molar-refractivity contribution in [3.63, 3.8) is 0 Å². The Balaban J connectivity index is 2.35. The summed E-state index contributed by atoms with van der Waals surface area (Å²) in [4.78, 5) is 12.0. The predicted octanol–water partition coefficient (Wildman–Crippen LogP) is 1.85. The number of nitrogens with one attached hydrogen (secondary N) is 1. The smallest absolute Gasteiger partial charge is 0.224 e. The van der Waals surface area contributed by atoms with Crippen molar-refractivity contribution in [1.82, 2.24) is 5.32 Å². The molecule has 0 saturated heterocycles. The lowest BCUT2D eigenvalue weighted by atomic mass is 9.94. The van der Waals surface area contributed by atoms with Crippen LogP contribution in [0.5, 0.6) is 0 Å². The second-order valence-corrected chi connectivity index (χ2v) is 5.45. The van der Waals surface area contributed by atoms with Crippen LogP contribution in [0.3, 0.4) is 0 Å². The molecule has 0 heterocycles. The van der Waals surface area contributed by atoms with Gasteiger partial charge in [0.25, 0.3) is 0 Å². The van der Waals surface area contributed by atoms with Gasteiger partial charge in [-0.15, -0.1) is 0 Å². The molecule has 1 aromatic rings. The van der Waals surface area contributed by atoms with Crippen LogP contribution >= 0.6 is 0 Å². The summed E-state index contributed by atoms with van der Waals surface area (Å²) >= 11 is 0. The van der Waals surface area contributed by atoms with Gasteiger partial charge in [0.2, 0.25) is 5.91 Å². The minimum Gasteiger partial charge on any atom is -0.396 e. The van der Waals surface area contributed by atoms with Crippen molar-refractivity contribution in [2.75, 3.05) is 13.2 Å². The number of aliphatic hydroxyl groups is 1. The van der Waals surface area contributed by atoms with E-state index in [0.717, 1.165) is 18.4 Å². The van der Waals surface area contributed by atoms with E-state index < -0.39 is 0 Å². The van der Waals surface area contributed by atoms with Gasteiger partial charge in [-0.25, -0.2) is 0 Å². The molecule has 1 amide bonds. The maximum absolute atomic E-state index is 12.0. The third-order valence-electron chi connectivity index (χ3n) is 3.62. The lowest BCUT2D eigenvalue weighted by molar-refractivity contribution is -0.125. The summed E-state index contributed by atoms with van der Waals surface area (Å²) in [6, 6.07) is 9.39. The second-order valence-electron chi connectivity index (χ2n) is 5.45. The molecule has 0 aliphatic heterocycles. The molecule has 0 spiro atoms. The first-order valence-electron chi connectivity index (χ1n) is 7.25. The maximum Gasteiger partial charge on any atom is 0.224 e. The molecule has 0 saturated carbocycles. The van der Waals surface area contributed by atoms with Gasteiger partial charge in [-0.05, 0) is 24.3 Å². The SMILES string of the molecule is CC(CO)CCCNC(=O)C(C)C(N)c1ccccc1. The monoisotopic (exact) mass is 278 g/mol. The Morgan fingerprint density at radius 1 is 1.30 bits per heavy atom. The number of rotatable bonds is 8. The fourth-order valence-corrected chi connectivity index (χ4v) is 2.04. The first kappa shape index (κ1) is 16.7. The Morgan fingerprint density at radius 3 is 2.55 bits per heavy atom. The van der Waals surface area contributed by atoms with E-state index in [9.17, 15) is 4.79 Å². The third-order valence-corrected chi connectivity index (χ3v) is 3.62. The van der Waals surface area contributed by atoms with Crippen LogP contribution in [-0.4, -0.2) is 24.2 Å². The van der Waals surface area contributed by atoms with Gasteiger partial charge in [-0.1, -0.05) is 44.2 Å². The van der Waals surface area contributed by atoms with Crippen molar-refractivity contribution in [2.45, 2.75) is 32.7 Å². The number of benzene rings is 1. The molecule has 0 bridgehead atoms. The molecule has 4 N–H and O–H groups in total. The van der Waals surface area contributed by atoms with E-state index in [2.05, 4.69) is 5.32 Å². The minimum absolute atomic E-state index is 0.0157. The molecule has 112 valence electrons. The lowest BCUT2D eigenvalue weighted by Gasteiger charge is -2.20. The van der Waals surface area contributed by atoms with Gasteiger partial charge < -0.3 is 16.2 Å². The summed E-state index contributed by atoms with van der Waals surface area (Å²) in [5.74, 6) is 0.0153. The van der Waals surface area contributed by atoms with E-state index in [1.54, 1.807) is 0 Å². The standard InChI is InChI=1S/C16H26N2O2/c1-12(11-19)7-6-10-18-16(20)13(2)15(17)14-8-4-3-5-9-14/h3-5,8-9,12-13,15,19H,6-7,10-11,17H2,1-2H3,(H,18,20). The lowest BCUT2D eigenvalue weighted by Crippen LogP contribution is -2.36. The van der Waals surface area contributed by atoms with E-state index >= 15 is 0 Å². The van der Waals surface area contributed by atoms with Crippen molar-refractivity contribution in [2.24, 2.45) is 17.6 Å². The Kier molecular flexibility index (Phi) is 7.26. The Hall–Kier alpha value is -1.39. The van der Waals surface area contributed by atoms with Gasteiger partial charge in [0.15, 0.2) is 0 Å². The maximum atomic E-state index is 12.0. The number of carbonyl (C=O) groups is 1. The number of nitrogens with two attached hydrogens (primary N) is 1. The minimum atomic E-state index is -0.285. The van der Waals surface area contributed by atoms with Crippen molar-refractivity contribution in [3.05, 3.63) is 35.9 Å². The molecule has 1 aromatic carbocycles. The highest BCUT2D eigenvalue weighted by molar-refractivity contribution is 5.79. The van der Waals surface area contributed by atoms with Crippen LogP contribution in [0.15, 0.2) is 30.3 Å². The van der Waals surface area contributed by atoms with Gasteiger partial charge >= 0.3 is 0 Å². The molecule has 0 radical (unpaired) electrons. The van der Waals surface area contributed by atoms with Gasteiger partial charge in [-0.2, -0.15) is 0 Å². The third kappa shape index (κ3) is 5.31. The van der Waals surface area contributed by atoms with E-state index in [1.165, 1.54) is 0 Å². The molecule has 0 aliphatic rings. The first-order valence-corrected chi connectivity index (χ1v) is 7.25. The van der Waals surface area contributed by atoms with Crippen molar-refractivity contribution in [3.8, 4) is 0 Å². The normalized spacial score (nSPS) is 15.4. The summed E-state index contributed by atoms with van der Waals surface area (Å²) < 4.78 is 0. The van der Waals surface area contributed by atoms with E-state index in [0.29, 0.717) is 6.54 Å². The van der Waals surface area contributed by atoms with Crippen LogP contribution in [-0.2, 0) is 4.79 Å². The van der Waals surface area contributed by atoms with Crippen LogP contribution in [0.2, 0.25) is 0 Å². The average molecular weight is 278 g/mol. The molecule has 3 unspecified atom stereocenters. The zero-order valence-electron chi connectivity index (χ0n) is 12.4. The Labute approximate surface area is 121 Å². The molecule has 0 aromatic heterocycles. The number of hydrogen-bond donors (Lipinski definition) is 3. The summed E-state index contributed by atoms with van der Waals surface area (Å²) in [6.07, 6.45) is 1.79. The van der Waals surface area contributed by atoms with Crippen molar-refractivity contribution in [1.29, 1.82) is 0 Å².